The number of nitrogens with two attached hydrogens (primary N) is 1. The number of carbonyl (C=O) groups is 3. The van der Waals surface area contributed by atoms with Gasteiger partial charge in [-0.05, 0) is 61.5 Å². The summed E-state index contributed by atoms with van der Waals surface area (Å²) in [4.78, 5) is 41.1. The number of methoxy groups -OCH3 is 1. The minimum Gasteiger partial charge on any atom is -0.507 e. The lowest BCUT2D eigenvalue weighted by molar-refractivity contribution is -0.140. The van der Waals surface area contributed by atoms with Crippen molar-refractivity contribution in [3.05, 3.63) is 64.7 Å². The standard InChI is InChI=1S/C27H33N3O6/c1-5-29(6-2)13-14-30-24(18-7-10-20(11-8-18)36-16-22(28)31)23(26(33)27(30)34)25(32)19-9-12-21(35-4)17(3)15-19/h7-12,15,24,32H,5-6,13-14,16H2,1-4H3,(H2,28,31)/b25-23+. The van der Waals surface area contributed by atoms with Crippen LogP contribution in [0.15, 0.2) is 48.0 Å². The van der Waals surface area contributed by atoms with Gasteiger partial charge in [-0.25, -0.2) is 0 Å². The van der Waals surface area contributed by atoms with E-state index in [2.05, 4.69) is 4.90 Å². The van der Waals surface area contributed by atoms with Gasteiger partial charge < -0.3 is 30.1 Å². The van der Waals surface area contributed by atoms with Crippen LogP contribution in [0.5, 0.6) is 11.5 Å². The second-order valence-electron chi connectivity index (χ2n) is 8.53. The van der Waals surface area contributed by atoms with Crippen LogP contribution < -0.4 is 15.2 Å². The molecule has 1 saturated heterocycles. The minimum atomic E-state index is -0.784. The maximum absolute atomic E-state index is 13.2. The van der Waals surface area contributed by atoms with Gasteiger partial charge in [0.1, 0.15) is 17.3 Å². The molecule has 3 N–H and O–H groups in total. The molecule has 1 aliphatic heterocycles. The maximum atomic E-state index is 13.2. The summed E-state index contributed by atoms with van der Waals surface area (Å²) in [5.74, 6) is -1.17. The monoisotopic (exact) mass is 495 g/mol. The van der Waals surface area contributed by atoms with E-state index in [-0.39, 0.29) is 17.9 Å². The number of Topliss-reactive ketones (excluding diaryl/α,β-unsaturated/α-hetero) is 1. The summed E-state index contributed by atoms with van der Waals surface area (Å²) in [7, 11) is 1.56. The van der Waals surface area contributed by atoms with Crippen molar-refractivity contribution in [2.24, 2.45) is 5.73 Å². The lowest BCUT2D eigenvalue weighted by Crippen LogP contribution is -2.38. The third kappa shape index (κ3) is 5.68. The molecule has 1 fully saturated rings. The SMILES string of the molecule is CCN(CC)CCN1C(=O)C(=O)/C(=C(/O)c2ccc(OC)c(C)c2)C1c1ccc(OCC(N)=O)cc1. The van der Waals surface area contributed by atoms with Gasteiger partial charge in [0.15, 0.2) is 6.61 Å². The van der Waals surface area contributed by atoms with Gasteiger partial charge in [-0.2, -0.15) is 0 Å². The van der Waals surface area contributed by atoms with Crippen molar-refractivity contribution in [3.63, 3.8) is 0 Å². The van der Waals surface area contributed by atoms with Crippen LogP contribution in [0, 0.1) is 6.92 Å². The second-order valence-corrected chi connectivity index (χ2v) is 8.53. The van der Waals surface area contributed by atoms with E-state index in [1.165, 1.54) is 4.90 Å². The Balaban J connectivity index is 2.07. The quantitative estimate of drug-likeness (QED) is 0.279. The zero-order chi connectivity index (χ0) is 26.4. The molecular weight excluding hydrogens is 462 g/mol. The Hall–Kier alpha value is -3.85. The third-order valence-corrected chi connectivity index (χ3v) is 6.34. The first-order valence-corrected chi connectivity index (χ1v) is 11.9. The Kier molecular flexibility index (Phi) is 8.71. The summed E-state index contributed by atoms with van der Waals surface area (Å²) in [6.07, 6.45) is 0. The normalized spacial score (nSPS) is 17.0. The Morgan fingerprint density at radius 1 is 1.11 bits per heavy atom. The first-order valence-electron chi connectivity index (χ1n) is 11.9. The first kappa shape index (κ1) is 26.7. The molecule has 2 amide bonds. The van der Waals surface area contributed by atoms with Gasteiger partial charge >= 0.3 is 0 Å². The average molecular weight is 496 g/mol. The van der Waals surface area contributed by atoms with Crippen molar-refractivity contribution in [1.82, 2.24) is 9.80 Å². The molecule has 0 bridgehead atoms. The highest BCUT2D eigenvalue weighted by Gasteiger charge is 2.46. The van der Waals surface area contributed by atoms with Gasteiger partial charge in [0.25, 0.3) is 17.6 Å². The number of ketones is 1. The van der Waals surface area contributed by atoms with Crippen LogP contribution in [0.4, 0.5) is 0 Å². The van der Waals surface area contributed by atoms with Crippen LogP contribution in [0.1, 0.15) is 36.6 Å². The zero-order valence-corrected chi connectivity index (χ0v) is 21.1. The van der Waals surface area contributed by atoms with Gasteiger partial charge in [-0.3, -0.25) is 14.4 Å². The van der Waals surface area contributed by atoms with Crippen LogP contribution >= 0.6 is 0 Å². The van der Waals surface area contributed by atoms with Crippen molar-refractivity contribution >= 4 is 23.4 Å². The lowest BCUT2D eigenvalue weighted by Gasteiger charge is -2.28. The largest absolute Gasteiger partial charge is 0.507 e. The molecule has 0 radical (unpaired) electrons. The van der Waals surface area contributed by atoms with Crippen molar-refractivity contribution in [3.8, 4) is 11.5 Å². The van der Waals surface area contributed by atoms with Gasteiger partial charge in [-0.15, -0.1) is 0 Å². The van der Waals surface area contributed by atoms with Crippen molar-refractivity contribution in [1.29, 1.82) is 0 Å². The molecule has 0 spiro atoms. The van der Waals surface area contributed by atoms with Crippen LogP contribution in [0.25, 0.3) is 5.76 Å². The molecule has 2 aromatic rings. The number of hydrogen-bond donors (Lipinski definition) is 2. The molecule has 36 heavy (non-hydrogen) atoms. The molecule has 1 atom stereocenters. The van der Waals surface area contributed by atoms with Crippen LogP contribution in [-0.4, -0.2) is 72.4 Å². The zero-order valence-electron chi connectivity index (χ0n) is 21.1. The molecule has 0 aromatic heterocycles. The molecule has 1 heterocycles. The van der Waals surface area contributed by atoms with Gasteiger partial charge in [0.05, 0.1) is 18.7 Å². The number of likely N-dealkylation sites (tertiary alicyclic amines) is 1. The number of aliphatic hydroxyl groups is 1. The number of hydrogen-bond acceptors (Lipinski definition) is 7. The number of aliphatic hydroxyl groups excluding tert-OH is 1. The Morgan fingerprint density at radius 2 is 1.78 bits per heavy atom. The number of amides is 2. The van der Waals surface area contributed by atoms with E-state index < -0.39 is 23.6 Å². The smallest absolute Gasteiger partial charge is 0.295 e. The molecule has 1 aliphatic rings. The van der Waals surface area contributed by atoms with E-state index in [1.807, 2.05) is 20.8 Å². The highest BCUT2D eigenvalue weighted by atomic mass is 16.5. The summed E-state index contributed by atoms with van der Waals surface area (Å²) in [6.45, 7) is 8.15. The van der Waals surface area contributed by atoms with Crippen LogP contribution in [0.2, 0.25) is 0 Å². The number of benzene rings is 2. The first-order chi connectivity index (χ1) is 17.2. The van der Waals surface area contributed by atoms with Crippen molar-refractivity contribution < 1.29 is 29.0 Å². The Morgan fingerprint density at radius 3 is 2.33 bits per heavy atom. The minimum absolute atomic E-state index is 0.0231. The van der Waals surface area contributed by atoms with Crippen molar-refractivity contribution in [2.75, 3.05) is 39.9 Å². The molecule has 9 nitrogen and oxygen atoms in total. The fourth-order valence-corrected chi connectivity index (χ4v) is 4.33. The van der Waals surface area contributed by atoms with Gasteiger partial charge in [0.2, 0.25) is 0 Å². The summed E-state index contributed by atoms with van der Waals surface area (Å²) < 4.78 is 10.6. The molecule has 0 aliphatic carbocycles. The van der Waals surface area contributed by atoms with E-state index in [4.69, 9.17) is 15.2 Å². The van der Waals surface area contributed by atoms with E-state index in [1.54, 1.807) is 49.6 Å². The molecule has 0 saturated carbocycles. The molecule has 3 rings (SSSR count). The highest BCUT2D eigenvalue weighted by Crippen LogP contribution is 2.40. The van der Waals surface area contributed by atoms with Crippen LogP contribution in [0.3, 0.4) is 0 Å². The number of carbonyl (C=O) groups excluding carboxylic acids is 3. The summed E-state index contributed by atoms with van der Waals surface area (Å²) >= 11 is 0. The van der Waals surface area contributed by atoms with Crippen LogP contribution in [-0.2, 0) is 14.4 Å². The van der Waals surface area contributed by atoms with E-state index in [0.717, 1.165) is 18.7 Å². The molecular formula is C27H33N3O6. The highest BCUT2D eigenvalue weighted by molar-refractivity contribution is 6.46. The van der Waals surface area contributed by atoms with E-state index >= 15 is 0 Å². The predicted molar refractivity (Wildman–Crippen MR) is 136 cm³/mol. The maximum Gasteiger partial charge on any atom is 0.295 e. The number of likely N-dealkylation sites (N-methyl/N-ethyl adjacent to an activating group) is 1. The molecule has 192 valence electrons. The number of rotatable bonds is 11. The third-order valence-electron chi connectivity index (χ3n) is 6.34. The Labute approximate surface area is 211 Å². The topological polar surface area (TPSA) is 122 Å². The van der Waals surface area contributed by atoms with Gasteiger partial charge in [-0.1, -0.05) is 26.0 Å². The summed E-state index contributed by atoms with van der Waals surface area (Å²) in [5, 5.41) is 11.3. The summed E-state index contributed by atoms with van der Waals surface area (Å²) in [6, 6.07) is 11.0. The molecule has 1 unspecified atom stereocenters. The second kappa shape index (κ2) is 11.7. The van der Waals surface area contributed by atoms with Crippen molar-refractivity contribution in [2.45, 2.75) is 26.8 Å². The number of nitrogens with zero attached hydrogens (tertiary/aromatic N) is 2. The summed E-state index contributed by atoms with van der Waals surface area (Å²) in [5.41, 5.74) is 7.00. The molecule has 2 aromatic carbocycles. The fraction of sp³-hybridized carbons (Fsp3) is 0.370. The Bertz CT molecular complexity index is 1150. The predicted octanol–water partition coefficient (Wildman–Crippen LogP) is 2.63. The number of aryl methyl sites for hydroxylation is 1. The van der Waals surface area contributed by atoms with E-state index in [0.29, 0.717) is 35.7 Å². The number of primary amides is 1. The molecule has 9 heteroatoms. The fourth-order valence-electron chi connectivity index (χ4n) is 4.33. The van der Waals surface area contributed by atoms with Gasteiger partial charge in [0, 0.05) is 18.7 Å². The lowest BCUT2D eigenvalue weighted by atomic mass is 9.94. The van der Waals surface area contributed by atoms with E-state index in [9.17, 15) is 19.5 Å². The average Bonchev–Trinajstić information content (AvgIpc) is 3.12. The number of ether oxygens (including phenoxy) is 2.